The van der Waals surface area contributed by atoms with Gasteiger partial charge in [0.2, 0.25) is 0 Å². The largest absolute Gasteiger partial charge is 0.479 e. The fraction of sp³-hybridized carbons (Fsp3) is 0.125. The minimum absolute atomic E-state index is 0.132. The predicted molar refractivity (Wildman–Crippen MR) is 51.9 cm³/mol. The van der Waals surface area contributed by atoms with E-state index >= 15 is 0 Å². The topological polar surface area (TPSA) is 95.6 Å². The van der Waals surface area contributed by atoms with Crippen LogP contribution in [0.15, 0.2) is 18.2 Å². The van der Waals surface area contributed by atoms with Crippen molar-refractivity contribution < 1.29 is 15.0 Å². The van der Waals surface area contributed by atoms with E-state index in [2.05, 4.69) is 5.43 Å². The molecule has 0 aromatic heterocycles. The zero-order chi connectivity index (χ0) is 10.7. The Morgan fingerprint density at radius 1 is 1.57 bits per heavy atom. The third-order valence-electron chi connectivity index (χ3n) is 1.72. The average Bonchev–Trinajstić information content (AvgIpc) is 2.16. The molecule has 1 atom stereocenters. The number of aliphatic hydroxyl groups is 1. The molecule has 0 heterocycles. The summed E-state index contributed by atoms with van der Waals surface area (Å²) in [7, 11) is 0. The molecule has 1 aromatic carbocycles. The molecule has 1 unspecified atom stereocenters. The van der Waals surface area contributed by atoms with Gasteiger partial charge in [0.15, 0.2) is 6.10 Å². The number of para-hydroxylation sites is 1. The first-order valence-corrected chi connectivity index (χ1v) is 4.11. The number of carbonyl (C=O) groups is 1. The first-order valence-electron chi connectivity index (χ1n) is 3.73. The molecule has 14 heavy (non-hydrogen) atoms. The lowest BCUT2D eigenvalue weighted by atomic mass is 10.1. The minimum Gasteiger partial charge on any atom is -0.479 e. The second-order valence-electron chi connectivity index (χ2n) is 2.59. The highest BCUT2D eigenvalue weighted by atomic mass is 35.5. The average molecular weight is 217 g/mol. The SMILES string of the molecule is NNc1c(Cl)cccc1C(O)C(=O)O. The van der Waals surface area contributed by atoms with Crippen LogP contribution in [0, 0.1) is 0 Å². The van der Waals surface area contributed by atoms with Crippen LogP contribution in [-0.4, -0.2) is 16.2 Å². The Labute approximate surface area is 85.1 Å². The molecular formula is C8H9ClN2O3. The number of aliphatic carboxylic acids is 1. The van der Waals surface area contributed by atoms with Crippen molar-refractivity contribution in [2.45, 2.75) is 6.10 Å². The molecule has 0 amide bonds. The smallest absolute Gasteiger partial charge is 0.337 e. The number of nitrogens with two attached hydrogens (primary N) is 1. The standard InChI is InChI=1S/C8H9ClN2O3/c9-5-3-1-2-4(6(5)11-10)7(12)8(13)14/h1-3,7,11-12H,10H2,(H,13,14). The molecule has 0 bridgehead atoms. The zero-order valence-corrected chi connectivity index (χ0v) is 7.82. The lowest BCUT2D eigenvalue weighted by molar-refractivity contribution is -0.146. The number of rotatable bonds is 3. The van der Waals surface area contributed by atoms with E-state index in [0.717, 1.165) is 0 Å². The van der Waals surface area contributed by atoms with Crippen molar-refractivity contribution in [3.63, 3.8) is 0 Å². The van der Waals surface area contributed by atoms with E-state index in [1.54, 1.807) is 0 Å². The maximum atomic E-state index is 10.5. The quantitative estimate of drug-likeness (QED) is 0.442. The molecule has 0 fully saturated rings. The minimum atomic E-state index is -1.64. The molecule has 0 spiro atoms. The summed E-state index contributed by atoms with van der Waals surface area (Å²) in [6, 6.07) is 4.50. The number of anilines is 1. The summed E-state index contributed by atoms with van der Waals surface area (Å²) in [5.74, 6) is 3.79. The Kier molecular flexibility index (Phi) is 3.29. The molecule has 0 aliphatic heterocycles. The summed E-state index contributed by atoms with van der Waals surface area (Å²) >= 11 is 5.73. The van der Waals surface area contributed by atoms with Crippen molar-refractivity contribution in [3.05, 3.63) is 28.8 Å². The molecular weight excluding hydrogens is 208 g/mol. The first kappa shape index (κ1) is 10.8. The van der Waals surface area contributed by atoms with Gasteiger partial charge in [-0.25, -0.2) is 4.79 Å². The van der Waals surface area contributed by atoms with Gasteiger partial charge in [-0.15, -0.1) is 0 Å². The number of nitrogens with one attached hydrogen (secondary N) is 1. The van der Waals surface area contributed by atoms with Gasteiger partial charge in [-0.2, -0.15) is 0 Å². The van der Waals surface area contributed by atoms with Crippen LogP contribution in [0.5, 0.6) is 0 Å². The van der Waals surface area contributed by atoms with Gasteiger partial charge in [0.05, 0.1) is 10.7 Å². The fourth-order valence-corrected chi connectivity index (χ4v) is 1.29. The number of nitrogen functional groups attached to an aromatic ring is 1. The summed E-state index contributed by atoms with van der Waals surface area (Å²) in [6.45, 7) is 0. The molecule has 6 heteroatoms. The van der Waals surface area contributed by atoms with Crippen LogP contribution >= 0.6 is 11.6 Å². The molecule has 1 aromatic rings. The van der Waals surface area contributed by atoms with E-state index in [0.29, 0.717) is 0 Å². The van der Waals surface area contributed by atoms with Gasteiger partial charge in [0, 0.05) is 5.56 Å². The Morgan fingerprint density at radius 2 is 2.21 bits per heavy atom. The maximum Gasteiger partial charge on any atom is 0.337 e. The van der Waals surface area contributed by atoms with Crippen molar-refractivity contribution in [2.24, 2.45) is 5.84 Å². The second kappa shape index (κ2) is 4.28. The van der Waals surface area contributed by atoms with Gasteiger partial charge in [-0.3, -0.25) is 5.84 Å². The second-order valence-corrected chi connectivity index (χ2v) is 3.00. The van der Waals surface area contributed by atoms with Gasteiger partial charge in [-0.1, -0.05) is 23.7 Å². The summed E-state index contributed by atoms with van der Waals surface area (Å²) in [4.78, 5) is 10.5. The van der Waals surface area contributed by atoms with E-state index in [-0.39, 0.29) is 16.3 Å². The summed E-state index contributed by atoms with van der Waals surface area (Å²) in [6.07, 6.45) is -1.64. The number of hydrazine groups is 1. The van der Waals surface area contributed by atoms with Crippen molar-refractivity contribution in [2.75, 3.05) is 5.43 Å². The van der Waals surface area contributed by atoms with Crippen LogP contribution in [0.1, 0.15) is 11.7 Å². The van der Waals surface area contributed by atoms with Crippen LogP contribution in [0.2, 0.25) is 5.02 Å². The molecule has 0 aliphatic carbocycles. The maximum absolute atomic E-state index is 10.5. The lowest BCUT2D eigenvalue weighted by Crippen LogP contribution is -2.16. The number of halogens is 1. The number of hydrogen-bond acceptors (Lipinski definition) is 4. The molecule has 0 saturated heterocycles. The van der Waals surface area contributed by atoms with Gasteiger partial charge >= 0.3 is 5.97 Å². The Hall–Kier alpha value is -1.30. The highest BCUT2D eigenvalue weighted by Crippen LogP contribution is 2.29. The molecule has 1 rings (SSSR count). The van der Waals surface area contributed by atoms with Crippen LogP contribution in [0.3, 0.4) is 0 Å². The summed E-state index contributed by atoms with van der Waals surface area (Å²) in [5, 5.41) is 18.1. The predicted octanol–water partition coefficient (Wildman–Crippen LogP) is 0.744. The molecule has 76 valence electrons. The number of aliphatic hydroxyl groups excluding tert-OH is 1. The lowest BCUT2D eigenvalue weighted by Gasteiger charge is -2.12. The van der Waals surface area contributed by atoms with Crippen LogP contribution in [0.4, 0.5) is 5.69 Å². The molecule has 0 aliphatic rings. The van der Waals surface area contributed by atoms with Gasteiger partial charge in [0.25, 0.3) is 0 Å². The third-order valence-corrected chi connectivity index (χ3v) is 2.03. The molecule has 0 radical (unpaired) electrons. The Balaban J connectivity index is 3.20. The van der Waals surface area contributed by atoms with Gasteiger partial charge in [0.1, 0.15) is 0 Å². The highest BCUT2D eigenvalue weighted by Gasteiger charge is 2.20. The Morgan fingerprint density at radius 3 is 2.71 bits per heavy atom. The molecule has 5 nitrogen and oxygen atoms in total. The third kappa shape index (κ3) is 1.95. The number of benzene rings is 1. The normalized spacial score (nSPS) is 12.2. The zero-order valence-electron chi connectivity index (χ0n) is 7.07. The number of carboxylic acid groups (broad SMARTS) is 1. The van der Waals surface area contributed by atoms with E-state index in [4.69, 9.17) is 22.6 Å². The van der Waals surface area contributed by atoms with Gasteiger partial charge < -0.3 is 15.6 Å². The molecule has 5 N–H and O–H groups in total. The Bertz CT molecular complexity index is 356. The van der Waals surface area contributed by atoms with Gasteiger partial charge in [-0.05, 0) is 6.07 Å². The van der Waals surface area contributed by atoms with Crippen molar-refractivity contribution in [1.82, 2.24) is 0 Å². The van der Waals surface area contributed by atoms with Crippen LogP contribution in [-0.2, 0) is 4.79 Å². The van der Waals surface area contributed by atoms with E-state index in [9.17, 15) is 9.90 Å². The first-order chi connectivity index (χ1) is 6.57. The van der Waals surface area contributed by atoms with Crippen LogP contribution in [0.25, 0.3) is 0 Å². The molecule has 0 saturated carbocycles. The number of hydrogen-bond donors (Lipinski definition) is 4. The van der Waals surface area contributed by atoms with Crippen LogP contribution < -0.4 is 11.3 Å². The van der Waals surface area contributed by atoms with Crippen molar-refractivity contribution >= 4 is 23.3 Å². The van der Waals surface area contributed by atoms with E-state index < -0.39 is 12.1 Å². The van der Waals surface area contributed by atoms with E-state index in [1.807, 2.05) is 0 Å². The fourth-order valence-electron chi connectivity index (χ4n) is 1.05. The monoisotopic (exact) mass is 216 g/mol. The highest BCUT2D eigenvalue weighted by molar-refractivity contribution is 6.33. The van der Waals surface area contributed by atoms with E-state index in [1.165, 1.54) is 18.2 Å². The van der Waals surface area contributed by atoms with Crippen molar-refractivity contribution in [3.8, 4) is 0 Å². The summed E-state index contributed by atoms with van der Waals surface area (Å²) < 4.78 is 0. The van der Waals surface area contributed by atoms with Crippen molar-refractivity contribution in [1.29, 1.82) is 0 Å². The summed E-state index contributed by atoms with van der Waals surface area (Å²) in [5.41, 5.74) is 2.59. The number of carboxylic acids is 1.